The second-order valence-electron chi connectivity index (χ2n) is 5.03. The molecule has 1 aromatic carbocycles. The molecule has 3 N–H and O–H groups in total. The lowest BCUT2D eigenvalue weighted by Crippen LogP contribution is -2.31. The van der Waals surface area contributed by atoms with E-state index in [9.17, 15) is 9.59 Å². The first-order chi connectivity index (χ1) is 10.7. The van der Waals surface area contributed by atoms with Crippen molar-refractivity contribution in [3.05, 3.63) is 30.3 Å². The number of hydrogen-bond acceptors (Lipinski definition) is 7. The van der Waals surface area contributed by atoms with E-state index in [2.05, 4.69) is 10.3 Å². The average Bonchev–Trinajstić information content (AvgIpc) is 3.04. The zero-order valence-electron chi connectivity index (χ0n) is 12.2. The summed E-state index contributed by atoms with van der Waals surface area (Å²) in [5.74, 6) is 3.90. The Hall–Kier alpha value is -1.41. The van der Waals surface area contributed by atoms with Gasteiger partial charge in [-0.1, -0.05) is 18.2 Å². The molecule has 0 radical (unpaired) electrons. The Morgan fingerprint density at radius 3 is 2.82 bits per heavy atom. The van der Waals surface area contributed by atoms with E-state index in [-0.39, 0.29) is 18.3 Å². The summed E-state index contributed by atoms with van der Waals surface area (Å²) in [5.41, 5.74) is 2.73. The third-order valence-electron chi connectivity index (χ3n) is 3.46. The zero-order valence-corrected chi connectivity index (χ0v) is 13.0. The second kappa shape index (κ2) is 8.89. The summed E-state index contributed by atoms with van der Waals surface area (Å²) in [4.78, 5) is 34.6. The van der Waals surface area contributed by atoms with Crippen molar-refractivity contribution in [1.82, 2.24) is 5.48 Å². The van der Waals surface area contributed by atoms with Gasteiger partial charge < -0.3 is 4.84 Å². The van der Waals surface area contributed by atoms with Gasteiger partial charge in [0.1, 0.15) is 11.7 Å². The van der Waals surface area contributed by atoms with Gasteiger partial charge in [0.05, 0.1) is 6.10 Å². The molecule has 1 aromatic rings. The van der Waals surface area contributed by atoms with Crippen molar-refractivity contribution in [1.29, 1.82) is 0 Å². The molecular weight excluding hydrogens is 304 g/mol. The van der Waals surface area contributed by atoms with Crippen LogP contribution in [0.2, 0.25) is 0 Å². The topological polar surface area (TPSA) is 90.7 Å². The Labute approximate surface area is 133 Å². The van der Waals surface area contributed by atoms with E-state index < -0.39 is 11.9 Å². The lowest BCUT2D eigenvalue weighted by atomic mass is 9.96. The highest BCUT2D eigenvalue weighted by molar-refractivity contribution is 7.99. The second-order valence-corrected chi connectivity index (χ2v) is 6.20. The van der Waals surface area contributed by atoms with Crippen molar-refractivity contribution in [2.24, 2.45) is 11.8 Å². The Morgan fingerprint density at radius 2 is 2.18 bits per heavy atom. The molecule has 0 amide bonds. The van der Waals surface area contributed by atoms with Crippen molar-refractivity contribution in [2.75, 3.05) is 12.3 Å². The molecule has 0 aliphatic carbocycles. The summed E-state index contributed by atoms with van der Waals surface area (Å²) in [5, 5.41) is 0. The summed E-state index contributed by atoms with van der Waals surface area (Å²) in [6, 6.07) is 9.81. The summed E-state index contributed by atoms with van der Waals surface area (Å²) in [6.45, 7) is 0.716. The molecular formula is C15H20N2O4S. The smallest absolute Gasteiger partial charge is 0.334 e. The van der Waals surface area contributed by atoms with Crippen LogP contribution in [0.3, 0.4) is 0 Å². The van der Waals surface area contributed by atoms with E-state index in [1.54, 1.807) is 11.8 Å². The van der Waals surface area contributed by atoms with Crippen LogP contribution in [0.5, 0.6) is 0 Å². The number of Topliss-reactive ketones (excluding diaryl/α,β-unsaturated/α-hetero) is 1. The van der Waals surface area contributed by atoms with Crippen LogP contribution in [0.25, 0.3) is 0 Å². The predicted molar refractivity (Wildman–Crippen MR) is 82.7 cm³/mol. The van der Waals surface area contributed by atoms with Gasteiger partial charge in [-0.3, -0.25) is 9.63 Å². The van der Waals surface area contributed by atoms with Gasteiger partial charge in [-0.15, -0.1) is 11.8 Å². The van der Waals surface area contributed by atoms with Crippen molar-refractivity contribution < 1.29 is 19.3 Å². The third-order valence-corrected chi connectivity index (χ3v) is 4.50. The molecule has 22 heavy (non-hydrogen) atoms. The largest absolute Gasteiger partial charge is 0.373 e. The molecule has 1 fully saturated rings. The fraction of sp³-hybridized carbons (Fsp3) is 0.467. The standard InChI is InChI=1S/C15H20N2O4S/c16-20-15(19)13(14(18)10-11-6-8-17-21-11)7-9-22-12-4-2-1-3-5-12/h1-5,11,13,17H,6-10,16H2. The van der Waals surface area contributed by atoms with E-state index in [0.717, 1.165) is 11.3 Å². The molecule has 0 spiro atoms. The Morgan fingerprint density at radius 1 is 1.41 bits per heavy atom. The molecule has 1 saturated heterocycles. The molecule has 0 bridgehead atoms. The van der Waals surface area contributed by atoms with Crippen molar-refractivity contribution in [3.8, 4) is 0 Å². The molecule has 2 rings (SSSR count). The number of ketones is 1. The number of carbonyl (C=O) groups is 2. The van der Waals surface area contributed by atoms with E-state index in [0.29, 0.717) is 18.7 Å². The van der Waals surface area contributed by atoms with Crippen LogP contribution < -0.4 is 11.4 Å². The van der Waals surface area contributed by atoms with Crippen LogP contribution in [0.15, 0.2) is 35.2 Å². The Bertz CT molecular complexity index is 492. The number of hydrogen-bond donors (Lipinski definition) is 2. The maximum absolute atomic E-state index is 12.3. The zero-order chi connectivity index (χ0) is 15.8. The first kappa shape index (κ1) is 17.0. The Balaban J connectivity index is 1.85. The van der Waals surface area contributed by atoms with Gasteiger partial charge >= 0.3 is 5.97 Å². The van der Waals surface area contributed by atoms with E-state index in [4.69, 9.17) is 10.7 Å². The highest BCUT2D eigenvalue weighted by Gasteiger charge is 2.30. The third kappa shape index (κ3) is 5.10. The van der Waals surface area contributed by atoms with Crippen LogP contribution in [0.4, 0.5) is 0 Å². The van der Waals surface area contributed by atoms with Crippen LogP contribution >= 0.6 is 11.8 Å². The molecule has 2 atom stereocenters. The highest BCUT2D eigenvalue weighted by Crippen LogP contribution is 2.22. The van der Waals surface area contributed by atoms with Gasteiger partial charge in [-0.2, -0.15) is 5.90 Å². The minimum atomic E-state index is -0.828. The first-order valence-corrected chi connectivity index (χ1v) is 8.19. The number of carbonyl (C=O) groups excluding carboxylic acids is 2. The van der Waals surface area contributed by atoms with E-state index in [1.807, 2.05) is 30.3 Å². The number of thioether (sulfide) groups is 1. The average molecular weight is 324 g/mol. The van der Waals surface area contributed by atoms with Crippen molar-refractivity contribution >= 4 is 23.5 Å². The Kier molecular flexibility index (Phi) is 6.85. The number of rotatable bonds is 8. The SMILES string of the molecule is NOC(=O)C(CCSc1ccccc1)C(=O)CC1CCNO1. The minimum Gasteiger partial charge on any atom is -0.373 e. The van der Waals surface area contributed by atoms with Gasteiger partial charge in [0.25, 0.3) is 0 Å². The molecule has 0 aromatic heterocycles. The van der Waals surface area contributed by atoms with Crippen molar-refractivity contribution in [2.45, 2.75) is 30.3 Å². The van der Waals surface area contributed by atoms with Gasteiger partial charge in [0.2, 0.25) is 0 Å². The molecule has 1 heterocycles. The molecule has 7 heteroatoms. The molecule has 120 valence electrons. The summed E-state index contributed by atoms with van der Waals surface area (Å²) in [7, 11) is 0. The number of nitrogens with two attached hydrogens (primary N) is 1. The normalized spacial score (nSPS) is 18.9. The van der Waals surface area contributed by atoms with Crippen LogP contribution in [-0.2, 0) is 19.3 Å². The molecule has 0 saturated carbocycles. The minimum absolute atomic E-state index is 0.178. The van der Waals surface area contributed by atoms with Gasteiger partial charge in [-0.25, -0.2) is 10.3 Å². The molecule has 2 unspecified atom stereocenters. The first-order valence-electron chi connectivity index (χ1n) is 7.20. The van der Waals surface area contributed by atoms with E-state index in [1.165, 1.54) is 0 Å². The molecule has 1 aliphatic rings. The monoisotopic (exact) mass is 324 g/mol. The van der Waals surface area contributed by atoms with E-state index >= 15 is 0 Å². The quantitative estimate of drug-likeness (QED) is 0.425. The number of hydroxylamine groups is 1. The van der Waals surface area contributed by atoms with Gasteiger partial charge in [0, 0.05) is 17.9 Å². The predicted octanol–water partition coefficient (Wildman–Crippen LogP) is 1.45. The summed E-state index contributed by atoms with van der Waals surface area (Å²) >= 11 is 1.59. The number of nitrogens with one attached hydrogen (secondary N) is 1. The summed E-state index contributed by atoms with van der Waals surface area (Å²) in [6.07, 6.45) is 1.18. The summed E-state index contributed by atoms with van der Waals surface area (Å²) < 4.78 is 0. The lowest BCUT2D eigenvalue weighted by molar-refractivity contribution is -0.153. The maximum Gasteiger partial charge on any atom is 0.334 e. The fourth-order valence-corrected chi connectivity index (χ4v) is 3.21. The molecule has 1 aliphatic heterocycles. The van der Waals surface area contributed by atoms with Crippen LogP contribution in [-0.4, -0.2) is 30.2 Å². The fourth-order valence-electron chi connectivity index (χ4n) is 2.27. The van der Waals surface area contributed by atoms with Gasteiger partial charge in [0.15, 0.2) is 0 Å². The van der Waals surface area contributed by atoms with Gasteiger partial charge in [-0.05, 0) is 30.7 Å². The maximum atomic E-state index is 12.3. The molecule has 6 nitrogen and oxygen atoms in total. The van der Waals surface area contributed by atoms with Crippen LogP contribution in [0.1, 0.15) is 19.3 Å². The van der Waals surface area contributed by atoms with Crippen LogP contribution in [0, 0.1) is 5.92 Å². The van der Waals surface area contributed by atoms with Crippen molar-refractivity contribution in [3.63, 3.8) is 0 Å². The number of benzene rings is 1. The lowest BCUT2D eigenvalue weighted by Gasteiger charge is -2.15. The highest BCUT2D eigenvalue weighted by atomic mass is 32.2.